The lowest BCUT2D eigenvalue weighted by Crippen LogP contribution is -2.38. The van der Waals surface area contributed by atoms with E-state index in [0.29, 0.717) is 16.1 Å². The number of thioether (sulfide) groups is 1. The molecule has 7 nitrogen and oxygen atoms in total. The van der Waals surface area contributed by atoms with Gasteiger partial charge in [-0.2, -0.15) is 0 Å². The number of rotatable bonds is 3. The van der Waals surface area contributed by atoms with Gasteiger partial charge in [-0.1, -0.05) is 23.9 Å². The molecule has 2 aromatic rings. The van der Waals surface area contributed by atoms with Gasteiger partial charge in [0.1, 0.15) is 0 Å². The Balaban J connectivity index is 2.19. The van der Waals surface area contributed by atoms with E-state index < -0.39 is 11.9 Å². The molecule has 21 heavy (non-hydrogen) atoms. The van der Waals surface area contributed by atoms with E-state index in [0.717, 1.165) is 11.8 Å². The third kappa shape index (κ3) is 3.40. The third-order valence-electron chi connectivity index (χ3n) is 2.75. The summed E-state index contributed by atoms with van der Waals surface area (Å²) in [5.41, 5.74) is 0.407. The van der Waals surface area contributed by atoms with Crippen LogP contribution >= 0.6 is 11.8 Å². The minimum absolute atomic E-state index is 0.00790. The Morgan fingerprint density at radius 2 is 2.05 bits per heavy atom. The van der Waals surface area contributed by atoms with Crippen LogP contribution in [-0.4, -0.2) is 34.3 Å². The van der Waals surface area contributed by atoms with Gasteiger partial charge in [0.25, 0.3) is 5.56 Å². The molecular formula is C13H14N4O3S. The van der Waals surface area contributed by atoms with Gasteiger partial charge in [0.05, 0.1) is 16.7 Å². The molecule has 0 aliphatic rings. The number of hydrogen-bond donors (Lipinski definition) is 2. The first kappa shape index (κ1) is 15.0. The summed E-state index contributed by atoms with van der Waals surface area (Å²) in [6.45, 7) is 0. The molecule has 0 aliphatic carbocycles. The summed E-state index contributed by atoms with van der Waals surface area (Å²) in [6, 6.07) is 6.44. The van der Waals surface area contributed by atoms with Crippen molar-refractivity contribution in [2.75, 3.05) is 12.8 Å². The molecule has 0 unspecified atom stereocenters. The second-order valence-corrected chi connectivity index (χ2v) is 5.13. The highest BCUT2D eigenvalue weighted by molar-refractivity contribution is 7.99. The maximum atomic E-state index is 12.2. The number of para-hydroxylation sites is 1. The lowest BCUT2D eigenvalue weighted by atomic mass is 10.2. The van der Waals surface area contributed by atoms with Crippen molar-refractivity contribution in [1.29, 1.82) is 0 Å². The van der Waals surface area contributed by atoms with Crippen LogP contribution in [0.1, 0.15) is 0 Å². The molecule has 110 valence electrons. The third-order valence-corrected chi connectivity index (χ3v) is 3.78. The van der Waals surface area contributed by atoms with E-state index in [4.69, 9.17) is 0 Å². The van der Waals surface area contributed by atoms with Gasteiger partial charge >= 0.3 is 6.03 Å². The van der Waals surface area contributed by atoms with Crippen LogP contribution in [0.3, 0.4) is 0 Å². The fourth-order valence-corrected chi connectivity index (χ4v) is 2.45. The Morgan fingerprint density at radius 3 is 2.76 bits per heavy atom. The van der Waals surface area contributed by atoms with Crippen molar-refractivity contribution in [2.45, 2.75) is 5.16 Å². The molecule has 0 spiro atoms. The highest BCUT2D eigenvalue weighted by atomic mass is 32.2. The number of carbonyl (C=O) groups is 2. The van der Waals surface area contributed by atoms with Crippen LogP contribution in [0.5, 0.6) is 0 Å². The lowest BCUT2D eigenvalue weighted by Gasteiger charge is -2.08. The van der Waals surface area contributed by atoms with Gasteiger partial charge in [0.15, 0.2) is 5.16 Å². The van der Waals surface area contributed by atoms with Crippen molar-refractivity contribution < 1.29 is 9.59 Å². The van der Waals surface area contributed by atoms with Crippen molar-refractivity contribution >= 4 is 34.6 Å². The summed E-state index contributed by atoms with van der Waals surface area (Å²) in [7, 11) is 3.02. The fourth-order valence-electron chi connectivity index (χ4n) is 1.68. The Hall–Kier alpha value is -2.35. The minimum Gasteiger partial charge on any atom is -0.341 e. The SMILES string of the molecule is CNC(=O)NC(=O)CSc1nc2ccccc2c(=O)n1C. The molecule has 1 aromatic heterocycles. The minimum atomic E-state index is -0.569. The molecule has 3 amide bonds. The molecule has 0 saturated carbocycles. The van der Waals surface area contributed by atoms with Crippen LogP contribution in [0.15, 0.2) is 34.2 Å². The second kappa shape index (κ2) is 6.40. The fraction of sp³-hybridized carbons (Fsp3) is 0.231. The Morgan fingerprint density at radius 1 is 1.33 bits per heavy atom. The maximum Gasteiger partial charge on any atom is 0.321 e. The van der Waals surface area contributed by atoms with Gasteiger partial charge in [0, 0.05) is 14.1 Å². The molecular weight excluding hydrogens is 292 g/mol. The van der Waals surface area contributed by atoms with E-state index in [9.17, 15) is 14.4 Å². The van der Waals surface area contributed by atoms with Crippen LogP contribution in [0.25, 0.3) is 10.9 Å². The van der Waals surface area contributed by atoms with Crippen LogP contribution in [0.4, 0.5) is 4.79 Å². The van der Waals surface area contributed by atoms with Gasteiger partial charge in [0.2, 0.25) is 5.91 Å². The summed E-state index contributed by atoms with van der Waals surface area (Å²) >= 11 is 1.10. The smallest absolute Gasteiger partial charge is 0.321 e. The topological polar surface area (TPSA) is 93.1 Å². The van der Waals surface area contributed by atoms with Crippen LogP contribution in [-0.2, 0) is 11.8 Å². The molecule has 0 radical (unpaired) electrons. The molecule has 0 atom stereocenters. The average Bonchev–Trinajstić information content (AvgIpc) is 2.49. The molecule has 0 saturated heterocycles. The summed E-state index contributed by atoms with van der Waals surface area (Å²) < 4.78 is 1.39. The lowest BCUT2D eigenvalue weighted by molar-refractivity contribution is -0.117. The van der Waals surface area contributed by atoms with Gasteiger partial charge in [-0.3, -0.25) is 19.5 Å². The van der Waals surface area contributed by atoms with Crippen molar-refractivity contribution in [2.24, 2.45) is 7.05 Å². The van der Waals surface area contributed by atoms with Crippen LogP contribution in [0.2, 0.25) is 0 Å². The number of urea groups is 1. The summed E-state index contributed by atoms with van der Waals surface area (Å²) in [5, 5.41) is 5.38. The number of fused-ring (bicyclic) bond motifs is 1. The molecule has 0 bridgehead atoms. The van der Waals surface area contributed by atoms with Crippen molar-refractivity contribution in [3.8, 4) is 0 Å². The first-order valence-corrected chi connectivity index (χ1v) is 7.11. The summed E-state index contributed by atoms with van der Waals surface area (Å²) in [6.07, 6.45) is 0. The van der Waals surface area contributed by atoms with Gasteiger partial charge < -0.3 is 5.32 Å². The zero-order chi connectivity index (χ0) is 15.4. The number of benzene rings is 1. The Labute approximate surface area is 124 Å². The zero-order valence-electron chi connectivity index (χ0n) is 11.5. The van der Waals surface area contributed by atoms with E-state index in [1.807, 2.05) is 0 Å². The Bertz CT molecular complexity index is 757. The number of amides is 3. The molecule has 1 aromatic carbocycles. The second-order valence-electron chi connectivity index (χ2n) is 4.19. The molecule has 2 rings (SSSR count). The maximum absolute atomic E-state index is 12.2. The molecule has 0 fully saturated rings. The highest BCUT2D eigenvalue weighted by Crippen LogP contribution is 2.16. The van der Waals surface area contributed by atoms with Crippen LogP contribution < -0.4 is 16.2 Å². The van der Waals surface area contributed by atoms with E-state index >= 15 is 0 Å². The average molecular weight is 306 g/mol. The number of carbonyl (C=O) groups excluding carboxylic acids is 2. The normalized spacial score (nSPS) is 10.4. The van der Waals surface area contributed by atoms with Gasteiger partial charge in [-0.05, 0) is 12.1 Å². The first-order valence-electron chi connectivity index (χ1n) is 6.13. The number of nitrogens with zero attached hydrogens (tertiary/aromatic N) is 2. The number of aromatic nitrogens is 2. The van der Waals surface area contributed by atoms with Gasteiger partial charge in [-0.25, -0.2) is 9.78 Å². The van der Waals surface area contributed by atoms with Crippen molar-refractivity contribution in [3.63, 3.8) is 0 Å². The number of imide groups is 1. The quantitative estimate of drug-likeness (QED) is 0.635. The van der Waals surface area contributed by atoms with Crippen molar-refractivity contribution in [3.05, 3.63) is 34.6 Å². The van der Waals surface area contributed by atoms with E-state index in [-0.39, 0.29) is 11.3 Å². The Kier molecular flexibility index (Phi) is 4.59. The first-order chi connectivity index (χ1) is 10.0. The van der Waals surface area contributed by atoms with Crippen LogP contribution in [0, 0.1) is 0 Å². The van der Waals surface area contributed by atoms with Crippen molar-refractivity contribution in [1.82, 2.24) is 20.2 Å². The molecule has 1 heterocycles. The monoisotopic (exact) mass is 306 g/mol. The zero-order valence-corrected chi connectivity index (χ0v) is 12.4. The summed E-state index contributed by atoms with van der Waals surface area (Å²) in [5.74, 6) is -0.465. The number of hydrogen-bond acceptors (Lipinski definition) is 5. The highest BCUT2D eigenvalue weighted by Gasteiger charge is 2.11. The van der Waals surface area contributed by atoms with E-state index in [1.165, 1.54) is 11.6 Å². The molecule has 8 heteroatoms. The predicted octanol–water partition coefficient (Wildman–Crippen LogP) is 0.481. The number of nitrogens with one attached hydrogen (secondary N) is 2. The largest absolute Gasteiger partial charge is 0.341 e. The van der Waals surface area contributed by atoms with E-state index in [1.54, 1.807) is 31.3 Å². The summed E-state index contributed by atoms with van der Waals surface area (Å²) in [4.78, 5) is 39.1. The molecule has 2 N–H and O–H groups in total. The standard InChI is InChI=1S/C13H14N4O3S/c1-14-12(20)16-10(18)7-21-13-15-9-6-4-3-5-8(9)11(19)17(13)2/h3-6H,7H2,1-2H3,(H2,14,16,18,20). The molecule has 0 aliphatic heterocycles. The van der Waals surface area contributed by atoms with E-state index in [2.05, 4.69) is 15.6 Å². The predicted molar refractivity (Wildman–Crippen MR) is 80.3 cm³/mol. The van der Waals surface area contributed by atoms with Gasteiger partial charge in [-0.15, -0.1) is 0 Å².